The Bertz CT molecular complexity index is 376. The first-order chi connectivity index (χ1) is 8.25. The molecule has 1 aliphatic heterocycles. The molecule has 0 N–H and O–H groups in total. The van der Waals surface area contributed by atoms with Crippen LogP contribution in [0.4, 0.5) is 4.48 Å². The molecule has 0 aliphatic carbocycles. The van der Waals surface area contributed by atoms with Crippen LogP contribution in [0.3, 0.4) is 0 Å². The summed E-state index contributed by atoms with van der Waals surface area (Å²) in [6, 6.07) is -0.182. The number of halogens is 2. The van der Waals surface area contributed by atoms with Gasteiger partial charge in [-0.25, -0.2) is 0 Å². The second kappa shape index (κ2) is 6.04. The lowest BCUT2D eigenvalue weighted by molar-refractivity contribution is -0.850. The van der Waals surface area contributed by atoms with Crippen LogP contribution in [-0.4, -0.2) is 54.3 Å². The Kier molecular flexibility index (Phi) is 4.41. The third-order valence-electron chi connectivity index (χ3n) is 2.38. The lowest BCUT2D eigenvalue weighted by atomic mass is 10.4. The third kappa shape index (κ3) is 3.72. The molecule has 0 aromatic carbocycles. The Morgan fingerprint density at radius 2 is 2.29 bits per heavy atom. The van der Waals surface area contributed by atoms with Crippen LogP contribution in [0.25, 0.3) is 0 Å². The standard InChI is InChI=1S/C9H13ClFN4O2/c10-8-12-7-15(11)9(13-8)17-6-3-14-1-4-16-5-2-14/h7H,1-6H2/q+1. The van der Waals surface area contributed by atoms with Crippen molar-refractivity contribution in [3.63, 3.8) is 0 Å². The van der Waals surface area contributed by atoms with Crippen molar-refractivity contribution < 1.29 is 18.7 Å². The second-order valence-electron chi connectivity index (χ2n) is 3.52. The first-order valence-electron chi connectivity index (χ1n) is 5.29. The maximum absolute atomic E-state index is 13.1. The molecule has 1 aliphatic rings. The van der Waals surface area contributed by atoms with Gasteiger partial charge in [-0.05, 0) is 25.9 Å². The van der Waals surface area contributed by atoms with E-state index in [2.05, 4.69) is 14.9 Å². The van der Waals surface area contributed by atoms with Crippen molar-refractivity contribution in [2.45, 2.75) is 0 Å². The van der Waals surface area contributed by atoms with Crippen LogP contribution in [-0.2, 0) is 4.74 Å². The van der Waals surface area contributed by atoms with Crippen molar-refractivity contribution in [2.24, 2.45) is 0 Å². The normalized spacial score (nSPS) is 17.1. The lowest BCUT2D eigenvalue weighted by Crippen LogP contribution is -2.39. The number of nitrogens with zero attached hydrogens (tertiary/aromatic N) is 4. The van der Waals surface area contributed by atoms with E-state index in [-0.39, 0.29) is 16.1 Å². The molecule has 0 spiro atoms. The largest absolute Gasteiger partial charge is 0.472 e. The molecule has 0 bridgehead atoms. The van der Waals surface area contributed by atoms with Crippen molar-refractivity contribution in [2.75, 3.05) is 39.5 Å². The van der Waals surface area contributed by atoms with Crippen LogP contribution >= 0.6 is 11.6 Å². The van der Waals surface area contributed by atoms with Crippen LogP contribution in [0, 0.1) is 0 Å². The summed E-state index contributed by atoms with van der Waals surface area (Å²) in [7, 11) is 0. The van der Waals surface area contributed by atoms with Gasteiger partial charge in [0.2, 0.25) is 0 Å². The summed E-state index contributed by atoms with van der Waals surface area (Å²) >= 11 is 5.54. The number of morpholine rings is 1. The van der Waals surface area contributed by atoms with Crippen molar-refractivity contribution >= 4 is 11.6 Å². The quantitative estimate of drug-likeness (QED) is 0.757. The zero-order valence-electron chi connectivity index (χ0n) is 9.18. The first-order valence-corrected chi connectivity index (χ1v) is 5.67. The van der Waals surface area contributed by atoms with Crippen LogP contribution in [0.2, 0.25) is 5.28 Å². The molecule has 2 rings (SSSR count). The van der Waals surface area contributed by atoms with Gasteiger partial charge in [-0.2, -0.15) is 0 Å². The van der Waals surface area contributed by atoms with E-state index in [1.807, 2.05) is 0 Å². The SMILES string of the molecule is F[n+]1cnc(Cl)nc1OCCN1CCOCC1. The maximum Gasteiger partial charge on any atom is 0.472 e. The lowest BCUT2D eigenvalue weighted by Gasteiger charge is -2.25. The molecule has 0 saturated carbocycles. The highest BCUT2D eigenvalue weighted by atomic mass is 35.5. The van der Waals surface area contributed by atoms with Gasteiger partial charge in [-0.15, -0.1) is 0 Å². The predicted octanol–water partition coefficient (Wildman–Crippen LogP) is -0.139. The van der Waals surface area contributed by atoms with E-state index < -0.39 is 0 Å². The Balaban J connectivity index is 1.79. The fourth-order valence-corrected chi connectivity index (χ4v) is 1.60. The van der Waals surface area contributed by atoms with Crippen LogP contribution in [0.15, 0.2) is 6.33 Å². The molecular weight excluding hydrogens is 251 g/mol. The van der Waals surface area contributed by atoms with E-state index in [1.165, 1.54) is 0 Å². The minimum Gasteiger partial charge on any atom is -0.437 e. The molecule has 0 unspecified atom stereocenters. The van der Waals surface area contributed by atoms with Gasteiger partial charge in [0.05, 0.1) is 13.2 Å². The molecule has 1 aromatic rings. The van der Waals surface area contributed by atoms with Gasteiger partial charge >= 0.3 is 11.3 Å². The molecule has 94 valence electrons. The van der Waals surface area contributed by atoms with Gasteiger partial charge in [-0.1, -0.05) is 4.98 Å². The number of rotatable bonds is 4. The third-order valence-corrected chi connectivity index (χ3v) is 2.56. The maximum atomic E-state index is 13.1. The predicted molar refractivity (Wildman–Crippen MR) is 56.5 cm³/mol. The van der Waals surface area contributed by atoms with E-state index in [0.29, 0.717) is 13.2 Å². The monoisotopic (exact) mass is 263 g/mol. The van der Waals surface area contributed by atoms with Crippen molar-refractivity contribution in [3.05, 3.63) is 11.6 Å². The van der Waals surface area contributed by atoms with Crippen LogP contribution < -0.4 is 9.53 Å². The highest BCUT2D eigenvalue weighted by Crippen LogP contribution is 2.03. The molecular formula is C9H13ClFN4O2+. The van der Waals surface area contributed by atoms with Crippen LogP contribution in [0.5, 0.6) is 6.01 Å². The van der Waals surface area contributed by atoms with Gasteiger partial charge in [0.15, 0.2) is 0 Å². The zero-order valence-corrected chi connectivity index (χ0v) is 9.94. The first kappa shape index (κ1) is 12.4. The highest BCUT2D eigenvalue weighted by molar-refractivity contribution is 6.28. The van der Waals surface area contributed by atoms with Crippen molar-refractivity contribution in [1.29, 1.82) is 0 Å². The second-order valence-corrected chi connectivity index (χ2v) is 3.86. The van der Waals surface area contributed by atoms with Gasteiger partial charge < -0.3 is 9.47 Å². The molecule has 1 fully saturated rings. The summed E-state index contributed by atoms with van der Waals surface area (Å²) in [4.78, 5) is 9.48. The van der Waals surface area contributed by atoms with E-state index in [4.69, 9.17) is 21.1 Å². The molecule has 17 heavy (non-hydrogen) atoms. The molecule has 6 nitrogen and oxygen atoms in total. The molecule has 1 aromatic heterocycles. The Hall–Kier alpha value is -1.05. The fourth-order valence-electron chi connectivity index (χ4n) is 1.49. The summed E-state index contributed by atoms with van der Waals surface area (Å²) in [5.41, 5.74) is 0. The molecule has 2 heterocycles. The number of aromatic nitrogens is 3. The summed E-state index contributed by atoms with van der Waals surface area (Å²) in [6.45, 7) is 4.22. The minimum atomic E-state index is -0.182. The molecule has 1 saturated heterocycles. The summed E-state index contributed by atoms with van der Waals surface area (Å²) in [6.07, 6.45) is 0.916. The molecule has 0 atom stereocenters. The van der Waals surface area contributed by atoms with Gasteiger partial charge in [-0.3, -0.25) is 4.90 Å². The zero-order chi connectivity index (χ0) is 12.1. The van der Waals surface area contributed by atoms with E-state index in [1.54, 1.807) is 0 Å². The van der Waals surface area contributed by atoms with Crippen molar-refractivity contribution in [3.8, 4) is 6.01 Å². The highest BCUT2D eigenvalue weighted by Gasteiger charge is 2.16. The minimum absolute atomic E-state index is 0.0414. The number of hydrogen-bond donors (Lipinski definition) is 0. The average Bonchev–Trinajstić information content (AvgIpc) is 2.35. The summed E-state index contributed by atoms with van der Waals surface area (Å²) in [5.74, 6) is 0. The van der Waals surface area contributed by atoms with Gasteiger partial charge in [0.25, 0.3) is 6.33 Å². The average molecular weight is 264 g/mol. The topological polar surface area (TPSA) is 51.4 Å². The Morgan fingerprint density at radius 1 is 1.53 bits per heavy atom. The molecule has 0 amide bonds. The molecule has 0 radical (unpaired) electrons. The summed E-state index contributed by atoms with van der Waals surface area (Å²) in [5, 5.41) is -0.0414. The van der Waals surface area contributed by atoms with Crippen LogP contribution in [0.1, 0.15) is 0 Å². The number of hydrogen-bond acceptors (Lipinski definition) is 5. The van der Waals surface area contributed by atoms with E-state index in [9.17, 15) is 4.48 Å². The summed E-state index contributed by atoms with van der Waals surface area (Å²) < 4.78 is 23.5. The molecule has 8 heteroatoms. The Labute approximate surface area is 103 Å². The fraction of sp³-hybridized carbons (Fsp3) is 0.667. The van der Waals surface area contributed by atoms with Gasteiger partial charge in [0, 0.05) is 19.6 Å². The smallest absolute Gasteiger partial charge is 0.437 e. The van der Waals surface area contributed by atoms with E-state index in [0.717, 1.165) is 32.6 Å². The van der Waals surface area contributed by atoms with Gasteiger partial charge in [0.1, 0.15) is 6.61 Å². The van der Waals surface area contributed by atoms with E-state index >= 15 is 0 Å². The van der Waals surface area contributed by atoms with Crippen molar-refractivity contribution in [1.82, 2.24) is 14.9 Å². The Morgan fingerprint density at radius 3 is 3.06 bits per heavy atom. The number of ether oxygens (including phenoxy) is 2.